The van der Waals surface area contributed by atoms with Crippen molar-refractivity contribution in [2.45, 2.75) is 62.5 Å². The van der Waals surface area contributed by atoms with Crippen LogP contribution in [0.4, 0.5) is 0 Å². The maximum absolute atomic E-state index is 4.06. The third-order valence-corrected chi connectivity index (χ3v) is 96.4. The van der Waals surface area contributed by atoms with Gasteiger partial charge in [-0.15, -0.1) is 0 Å². The van der Waals surface area contributed by atoms with Gasteiger partial charge in [-0.25, -0.2) is 0 Å². The highest BCUT2D eigenvalue weighted by Crippen LogP contribution is 2.85. The summed E-state index contributed by atoms with van der Waals surface area (Å²) < 4.78 is -24.9. The fourth-order valence-electron chi connectivity index (χ4n) is 3.51. The molecule has 0 aromatic carbocycles. The molecule has 0 nitrogen and oxygen atoms in total. The third-order valence-electron chi connectivity index (χ3n) is 7.42. The number of halogens is 42. The minimum atomic E-state index is -1.39. The molecule has 0 aromatic heterocycles. The van der Waals surface area contributed by atoms with E-state index in [1.165, 1.54) is 0 Å². The maximum atomic E-state index is 4.06. The SMILES string of the molecule is BrC(Br)(Br)C(Br)(Br)C(Br)(Br)C(Br)(Br)C(Br)(Br)C(Br)(Br)C(Br)(Br)C(Br)(Br)C(Br)(Br)C(Br)(Br)C(Br)(Br)C(Br)(Br)C(Br)(Br)C(Br)(Br)C(Br)(Br)C(Br)(Br)C(Br)(Br)C(Br)(Br)C(Br)(Br)C(Br)(Br)Br. The predicted octanol–water partition coefficient (Wildman–Crippen LogP) is 31.4. The first-order chi connectivity index (χ1) is 25.8. The summed E-state index contributed by atoms with van der Waals surface area (Å²) >= 11 is 165. The van der Waals surface area contributed by atoms with E-state index in [4.69, 9.17) is 0 Å². The van der Waals surface area contributed by atoms with E-state index >= 15 is 0 Å². The third kappa shape index (κ3) is 13.7. The molecule has 42 heteroatoms. The molecule has 0 rings (SSSR count). The van der Waals surface area contributed by atoms with Crippen LogP contribution in [0.1, 0.15) is 0 Å². The molecule has 0 radical (unpaired) electrons. The van der Waals surface area contributed by atoms with Crippen LogP contribution in [0.5, 0.6) is 0 Å². The van der Waals surface area contributed by atoms with E-state index < -0.39 is 62.5 Å². The van der Waals surface area contributed by atoms with Crippen molar-refractivity contribution in [3.8, 4) is 0 Å². The summed E-state index contributed by atoms with van der Waals surface area (Å²) in [5, 5.41) is 0. The molecule has 0 N–H and O–H groups in total. The largest absolute Gasteiger partial charge is 0.162 e. The first-order valence-electron chi connectivity index (χ1n) is 12.7. The van der Waals surface area contributed by atoms with Crippen LogP contribution in [0.15, 0.2) is 0 Å². The standard InChI is InChI=1S/C20Br42/c21-1(22,3(25,26)5(29,30)7(33,34)9(37,38)11(41,42)13(45,46)15(49,50)17(53,54)19(57,58)59)2(23,24)4(27,28)6(31,32)8(35,36)10(39,40)12(43,44)14(47,48)16(51,52)18(55,56)20(60,61)62. The van der Waals surface area contributed by atoms with Gasteiger partial charge in [-0.2, -0.15) is 0 Å². The first kappa shape index (κ1) is 82.2. The molecule has 0 saturated heterocycles. The van der Waals surface area contributed by atoms with Gasteiger partial charge in [0.25, 0.3) is 0 Å². The summed E-state index contributed by atoms with van der Waals surface area (Å²) in [7, 11) is 0. The van der Waals surface area contributed by atoms with Crippen molar-refractivity contribution in [3.63, 3.8) is 0 Å². The minimum Gasteiger partial charge on any atom is -0.0675 e. The van der Waals surface area contributed by atoms with Crippen molar-refractivity contribution in [3.05, 3.63) is 0 Å². The number of hydrogen-bond donors (Lipinski definition) is 0. The lowest BCUT2D eigenvalue weighted by molar-refractivity contribution is 0.516. The van der Waals surface area contributed by atoms with Crippen LogP contribution >= 0.6 is 669 Å². The average Bonchev–Trinajstić information content (AvgIpc) is 3.01. The predicted molar refractivity (Wildman–Crippen MR) is 430 cm³/mol. The molecule has 0 fully saturated rings. The Bertz CT molecular complexity index is 1500. The second kappa shape index (κ2) is 26.5. The molecule has 0 atom stereocenters. The average molecular weight is 3600 g/mol. The molecule has 0 aromatic rings. The van der Waals surface area contributed by atoms with Crippen LogP contribution in [-0.4, -0.2) is 62.5 Å². The van der Waals surface area contributed by atoms with E-state index in [0.29, 0.717) is 0 Å². The van der Waals surface area contributed by atoms with Crippen molar-refractivity contribution >= 4 is 669 Å². The van der Waals surface area contributed by atoms with E-state index in [0.717, 1.165) is 0 Å². The van der Waals surface area contributed by atoms with Gasteiger partial charge in [-0.1, -0.05) is 669 Å². The summed E-state index contributed by atoms with van der Waals surface area (Å²) in [4.78, 5) is 0. The van der Waals surface area contributed by atoms with Gasteiger partial charge in [0.1, 0.15) is 58.2 Å². The minimum absolute atomic E-state index is 0.924. The Morgan fingerprint density at radius 2 is 0.129 bits per heavy atom. The highest BCUT2D eigenvalue weighted by molar-refractivity contribution is 9.44. The van der Waals surface area contributed by atoms with Gasteiger partial charge in [0.05, 0.1) is 0 Å². The summed E-state index contributed by atoms with van der Waals surface area (Å²) in [5.41, 5.74) is 0. The molecular weight excluding hydrogens is 3600 g/mol. The highest BCUT2D eigenvalue weighted by atomic mass is 80.0. The monoisotopic (exact) mass is 3550 g/mol. The molecular formula is C20Br42. The lowest BCUT2D eigenvalue weighted by atomic mass is 10.0. The Hall–Kier alpha value is 20.2. The fraction of sp³-hybridized carbons (Fsp3) is 1.00. The number of alkyl halides is 42. The number of rotatable bonds is 17. The molecule has 62 heavy (non-hydrogen) atoms. The highest BCUT2D eigenvalue weighted by Gasteiger charge is 2.85. The first-order valence-corrected chi connectivity index (χ1v) is 46.0. The van der Waals surface area contributed by atoms with Crippen LogP contribution < -0.4 is 0 Å². The molecule has 0 heterocycles. The normalized spacial score (nSPS) is 17.5. The summed E-state index contributed by atoms with van der Waals surface area (Å²) in [6.45, 7) is 0. The molecule has 0 aliphatic heterocycles. The quantitative estimate of drug-likeness (QED) is 0.127. The van der Waals surface area contributed by atoms with Crippen LogP contribution in [0.2, 0.25) is 0 Å². The molecule has 0 spiro atoms. The zero-order valence-electron chi connectivity index (χ0n) is 25.9. The molecule has 0 aliphatic rings. The summed E-state index contributed by atoms with van der Waals surface area (Å²) in [6.07, 6.45) is 0. The zero-order chi connectivity index (χ0) is 52.0. The topological polar surface area (TPSA) is 0 Å². The van der Waals surface area contributed by atoms with E-state index in [-0.39, 0.29) is 0 Å². The van der Waals surface area contributed by atoms with Gasteiger partial charge in [-0.05, 0) is 0 Å². The van der Waals surface area contributed by atoms with E-state index in [2.05, 4.69) is 669 Å². The Morgan fingerprint density at radius 1 is 0.0806 bits per heavy atom. The van der Waals surface area contributed by atoms with Crippen LogP contribution in [-0.2, 0) is 0 Å². The van der Waals surface area contributed by atoms with Crippen LogP contribution in [0.3, 0.4) is 0 Å². The van der Waals surface area contributed by atoms with E-state index in [9.17, 15) is 0 Å². The molecule has 0 bridgehead atoms. The van der Waals surface area contributed by atoms with Crippen molar-refractivity contribution in [2.24, 2.45) is 0 Å². The summed E-state index contributed by atoms with van der Waals surface area (Å²) in [5.74, 6) is 0. The van der Waals surface area contributed by atoms with Crippen LogP contribution in [0, 0.1) is 0 Å². The van der Waals surface area contributed by atoms with Gasteiger partial charge in [-0.3, -0.25) is 0 Å². The Morgan fingerprint density at radius 3 is 0.177 bits per heavy atom. The van der Waals surface area contributed by atoms with Gasteiger partial charge < -0.3 is 0 Å². The second-order valence-electron chi connectivity index (χ2n) is 11.3. The Labute approximate surface area is 712 Å². The zero-order valence-corrected chi connectivity index (χ0v) is 92.5. The van der Waals surface area contributed by atoms with Crippen molar-refractivity contribution in [1.29, 1.82) is 0 Å². The van der Waals surface area contributed by atoms with E-state index in [1.807, 2.05) is 0 Å². The van der Waals surface area contributed by atoms with Gasteiger partial charge in [0, 0.05) is 0 Å². The van der Waals surface area contributed by atoms with Gasteiger partial charge >= 0.3 is 0 Å². The molecule has 0 aliphatic carbocycles. The Balaban J connectivity index is 7.98. The van der Waals surface area contributed by atoms with Gasteiger partial charge in [0.15, 0.2) is 4.29 Å². The van der Waals surface area contributed by atoms with E-state index in [1.54, 1.807) is 0 Å². The second-order valence-corrected chi connectivity index (χ2v) is 86.8. The molecule has 0 amide bonds. The smallest absolute Gasteiger partial charge is 0.0675 e. The van der Waals surface area contributed by atoms with Crippen molar-refractivity contribution in [2.75, 3.05) is 0 Å². The fourth-order valence-corrected chi connectivity index (χ4v) is 45.7. The Kier molecular flexibility index (Phi) is 35.2. The van der Waals surface area contributed by atoms with Crippen molar-refractivity contribution in [1.82, 2.24) is 0 Å². The lowest BCUT2D eigenvalue weighted by Gasteiger charge is -2.62. The van der Waals surface area contributed by atoms with Crippen LogP contribution in [0.25, 0.3) is 0 Å². The molecule has 374 valence electrons. The molecule has 0 unspecified atom stereocenters. The lowest BCUT2D eigenvalue weighted by Crippen LogP contribution is -2.74. The van der Waals surface area contributed by atoms with Crippen molar-refractivity contribution < 1.29 is 0 Å². The molecule has 0 saturated carbocycles. The maximum Gasteiger partial charge on any atom is 0.162 e. The summed E-state index contributed by atoms with van der Waals surface area (Å²) in [6, 6.07) is 0. The van der Waals surface area contributed by atoms with Gasteiger partial charge in [0.2, 0.25) is 0 Å². The number of hydrogen-bond acceptors (Lipinski definition) is 0.